The van der Waals surface area contributed by atoms with E-state index in [1.165, 1.54) is 7.11 Å². The van der Waals surface area contributed by atoms with Crippen molar-refractivity contribution in [2.45, 2.75) is 26.9 Å². The number of rotatable bonds is 7. The molecule has 0 N–H and O–H groups in total. The van der Waals surface area contributed by atoms with Crippen LogP contribution in [0.4, 0.5) is 0 Å². The molecule has 0 aromatic heterocycles. The van der Waals surface area contributed by atoms with Gasteiger partial charge in [0.2, 0.25) is 0 Å². The first kappa shape index (κ1) is 13.8. The largest absolute Gasteiger partial charge is 0.469 e. The van der Waals surface area contributed by atoms with Gasteiger partial charge in [0.15, 0.2) is 0 Å². The number of carbonyl (C=O) groups is 1. The fourth-order valence-electron chi connectivity index (χ4n) is 0.872. The van der Waals surface area contributed by atoms with Gasteiger partial charge in [-0.2, -0.15) is 11.8 Å². The van der Waals surface area contributed by atoms with Crippen molar-refractivity contribution in [1.29, 1.82) is 0 Å². The maximum absolute atomic E-state index is 11.0. The zero-order valence-corrected chi connectivity index (χ0v) is 10.2. The van der Waals surface area contributed by atoms with E-state index >= 15 is 0 Å². The Morgan fingerprint density at radius 2 is 2.00 bits per heavy atom. The second-order valence-corrected chi connectivity index (χ2v) is 4.57. The van der Waals surface area contributed by atoms with Crippen molar-refractivity contribution in [2.75, 3.05) is 25.2 Å². The zero-order valence-electron chi connectivity index (χ0n) is 9.41. The maximum atomic E-state index is 11.0. The molecular formula is C10H20O3S. The van der Waals surface area contributed by atoms with Crippen LogP contribution in [0.3, 0.4) is 0 Å². The summed E-state index contributed by atoms with van der Waals surface area (Å²) in [6, 6.07) is 0. The van der Waals surface area contributed by atoms with E-state index in [1.54, 1.807) is 11.8 Å². The molecule has 1 atom stereocenters. The molecule has 0 aliphatic carbocycles. The van der Waals surface area contributed by atoms with E-state index in [-0.39, 0.29) is 18.0 Å². The lowest BCUT2D eigenvalue weighted by Gasteiger charge is -2.09. The van der Waals surface area contributed by atoms with Crippen molar-refractivity contribution < 1.29 is 14.3 Å². The van der Waals surface area contributed by atoms with Crippen LogP contribution in [0.1, 0.15) is 20.8 Å². The summed E-state index contributed by atoms with van der Waals surface area (Å²) in [7, 11) is 1.42. The molecule has 3 nitrogen and oxygen atoms in total. The summed E-state index contributed by atoms with van der Waals surface area (Å²) in [5.74, 6) is 1.57. The highest BCUT2D eigenvalue weighted by molar-refractivity contribution is 7.99. The SMILES string of the molecule is COC(=O)C(C)CSCCOC(C)C. The number of ether oxygens (including phenoxy) is 2. The van der Waals surface area contributed by atoms with Crippen LogP contribution >= 0.6 is 11.8 Å². The second kappa shape index (κ2) is 8.12. The topological polar surface area (TPSA) is 35.5 Å². The average Bonchev–Trinajstić information content (AvgIpc) is 2.15. The average molecular weight is 220 g/mol. The van der Waals surface area contributed by atoms with Gasteiger partial charge < -0.3 is 9.47 Å². The number of thioether (sulfide) groups is 1. The van der Waals surface area contributed by atoms with Crippen LogP contribution in [0.5, 0.6) is 0 Å². The molecular weight excluding hydrogens is 200 g/mol. The van der Waals surface area contributed by atoms with E-state index in [9.17, 15) is 4.79 Å². The first-order valence-corrected chi connectivity index (χ1v) is 6.00. The molecule has 14 heavy (non-hydrogen) atoms. The Morgan fingerprint density at radius 3 is 2.50 bits per heavy atom. The first-order chi connectivity index (χ1) is 6.57. The van der Waals surface area contributed by atoms with Gasteiger partial charge in [0.05, 0.1) is 25.7 Å². The van der Waals surface area contributed by atoms with Crippen molar-refractivity contribution in [1.82, 2.24) is 0 Å². The molecule has 4 heteroatoms. The molecule has 0 aromatic carbocycles. The van der Waals surface area contributed by atoms with Crippen LogP contribution in [-0.4, -0.2) is 37.3 Å². The third-order valence-corrected chi connectivity index (χ3v) is 2.84. The monoisotopic (exact) mass is 220 g/mol. The van der Waals surface area contributed by atoms with Crippen LogP contribution in [0.2, 0.25) is 0 Å². The molecule has 0 radical (unpaired) electrons. The Bertz CT molecular complexity index is 159. The number of carbonyl (C=O) groups excluding carboxylic acids is 1. The first-order valence-electron chi connectivity index (χ1n) is 4.85. The predicted molar refractivity (Wildman–Crippen MR) is 59.6 cm³/mol. The van der Waals surface area contributed by atoms with Crippen LogP contribution in [0.15, 0.2) is 0 Å². The summed E-state index contributed by atoms with van der Waals surface area (Å²) < 4.78 is 10.00. The molecule has 0 amide bonds. The molecule has 0 aliphatic heterocycles. The lowest BCUT2D eigenvalue weighted by atomic mass is 10.2. The molecule has 0 spiro atoms. The quantitative estimate of drug-likeness (QED) is 0.485. The van der Waals surface area contributed by atoms with Crippen molar-refractivity contribution >= 4 is 17.7 Å². The molecule has 0 rings (SSSR count). The Balaban J connectivity index is 3.31. The highest BCUT2D eigenvalue weighted by Crippen LogP contribution is 2.09. The Kier molecular flexibility index (Phi) is 7.99. The summed E-state index contributed by atoms with van der Waals surface area (Å²) in [6.07, 6.45) is 0.286. The van der Waals surface area contributed by atoms with Gasteiger partial charge in [-0.25, -0.2) is 0 Å². The third-order valence-electron chi connectivity index (χ3n) is 1.65. The van der Waals surface area contributed by atoms with Gasteiger partial charge in [-0.05, 0) is 13.8 Å². The van der Waals surface area contributed by atoms with Crippen LogP contribution in [0.25, 0.3) is 0 Å². The number of esters is 1. The van der Waals surface area contributed by atoms with Gasteiger partial charge in [0, 0.05) is 11.5 Å². The molecule has 0 bridgehead atoms. The van der Waals surface area contributed by atoms with E-state index in [0.717, 1.165) is 18.1 Å². The molecule has 0 saturated carbocycles. The Labute approximate surface area is 90.5 Å². The molecule has 0 fully saturated rings. The summed E-state index contributed by atoms with van der Waals surface area (Å²) in [5.41, 5.74) is 0. The van der Waals surface area contributed by atoms with E-state index in [2.05, 4.69) is 4.74 Å². The summed E-state index contributed by atoms with van der Waals surface area (Å²) in [4.78, 5) is 11.0. The second-order valence-electron chi connectivity index (χ2n) is 3.42. The highest BCUT2D eigenvalue weighted by atomic mass is 32.2. The maximum Gasteiger partial charge on any atom is 0.309 e. The molecule has 0 heterocycles. The standard InChI is InChI=1S/C10H20O3S/c1-8(2)13-5-6-14-7-9(3)10(11)12-4/h8-9H,5-7H2,1-4H3. The van der Waals surface area contributed by atoms with Crippen molar-refractivity contribution in [3.63, 3.8) is 0 Å². The lowest BCUT2D eigenvalue weighted by molar-refractivity contribution is -0.143. The third kappa shape index (κ3) is 7.21. The number of hydrogen-bond acceptors (Lipinski definition) is 4. The van der Waals surface area contributed by atoms with Crippen LogP contribution < -0.4 is 0 Å². The van der Waals surface area contributed by atoms with Crippen LogP contribution in [-0.2, 0) is 14.3 Å². The number of methoxy groups -OCH3 is 1. The highest BCUT2D eigenvalue weighted by Gasteiger charge is 2.12. The van der Waals surface area contributed by atoms with Gasteiger partial charge in [-0.1, -0.05) is 6.92 Å². The van der Waals surface area contributed by atoms with Crippen LogP contribution in [0, 0.1) is 5.92 Å². The minimum absolute atomic E-state index is 0.0240. The van der Waals surface area contributed by atoms with Crippen molar-refractivity contribution in [3.05, 3.63) is 0 Å². The van der Waals surface area contributed by atoms with Gasteiger partial charge in [-0.15, -0.1) is 0 Å². The fraction of sp³-hybridized carbons (Fsp3) is 0.900. The smallest absolute Gasteiger partial charge is 0.309 e. The Morgan fingerprint density at radius 1 is 1.36 bits per heavy atom. The van der Waals surface area contributed by atoms with E-state index in [4.69, 9.17) is 4.74 Å². The van der Waals surface area contributed by atoms with E-state index in [0.29, 0.717) is 0 Å². The van der Waals surface area contributed by atoms with E-state index in [1.807, 2.05) is 20.8 Å². The normalized spacial score (nSPS) is 12.9. The fourth-order valence-corrected chi connectivity index (χ4v) is 1.74. The minimum Gasteiger partial charge on any atom is -0.469 e. The van der Waals surface area contributed by atoms with Gasteiger partial charge >= 0.3 is 5.97 Å². The molecule has 84 valence electrons. The van der Waals surface area contributed by atoms with Crippen molar-refractivity contribution in [3.8, 4) is 0 Å². The zero-order chi connectivity index (χ0) is 11.0. The minimum atomic E-state index is -0.137. The Hall–Kier alpha value is -0.220. The molecule has 0 saturated heterocycles. The van der Waals surface area contributed by atoms with Gasteiger partial charge in [0.25, 0.3) is 0 Å². The summed E-state index contributed by atoms with van der Waals surface area (Å²) in [6.45, 7) is 6.65. The predicted octanol–water partition coefficient (Wildman–Crippen LogP) is 1.95. The lowest BCUT2D eigenvalue weighted by Crippen LogP contribution is -2.15. The molecule has 0 aliphatic rings. The number of hydrogen-bond donors (Lipinski definition) is 0. The molecule has 1 unspecified atom stereocenters. The van der Waals surface area contributed by atoms with E-state index < -0.39 is 0 Å². The van der Waals surface area contributed by atoms with Gasteiger partial charge in [0.1, 0.15) is 0 Å². The van der Waals surface area contributed by atoms with Gasteiger partial charge in [-0.3, -0.25) is 4.79 Å². The summed E-state index contributed by atoms with van der Waals surface area (Å²) >= 11 is 1.72. The molecule has 0 aromatic rings. The summed E-state index contributed by atoms with van der Waals surface area (Å²) in [5, 5.41) is 0. The van der Waals surface area contributed by atoms with Crippen molar-refractivity contribution in [2.24, 2.45) is 5.92 Å².